The van der Waals surface area contributed by atoms with Gasteiger partial charge in [-0.3, -0.25) is 4.79 Å². The largest absolute Gasteiger partial charge is 0.507 e. The van der Waals surface area contributed by atoms with Gasteiger partial charge in [0.15, 0.2) is 5.78 Å². The predicted molar refractivity (Wildman–Crippen MR) is 65.1 cm³/mol. The van der Waals surface area contributed by atoms with Crippen molar-refractivity contribution in [2.75, 3.05) is 0 Å². The van der Waals surface area contributed by atoms with Gasteiger partial charge in [-0.15, -0.1) is 12.3 Å². The summed E-state index contributed by atoms with van der Waals surface area (Å²) in [7, 11) is 0. The molecule has 0 radical (unpaired) electrons. The molecule has 0 heterocycles. The van der Waals surface area contributed by atoms with Gasteiger partial charge in [0.1, 0.15) is 5.75 Å². The fraction of sp³-hybridized carbons (Fsp3) is 0.357. The Morgan fingerprint density at radius 1 is 1.09 bits per heavy atom. The molecular weight excluding hydrogens is 314 g/mol. The van der Waals surface area contributed by atoms with Crippen molar-refractivity contribution in [3.8, 4) is 18.1 Å². The molecule has 2 nitrogen and oxygen atoms in total. The Balaban J connectivity index is 3.36. The van der Waals surface area contributed by atoms with E-state index in [2.05, 4.69) is 5.92 Å². The van der Waals surface area contributed by atoms with Crippen LogP contribution < -0.4 is 0 Å². The maximum absolute atomic E-state index is 12.7. The molecule has 1 N–H and O–H groups in total. The molecule has 8 heteroatoms. The van der Waals surface area contributed by atoms with Crippen LogP contribution in [0.3, 0.4) is 0 Å². The van der Waals surface area contributed by atoms with Crippen LogP contribution in [0.1, 0.15) is 40.7 Å². The molecule has 0 amide bonds. The number of rotatable bonds is 4. The molecule has 0 unspecified atom stereocenters. The predicted octanol–water partition coefficient (Wildman–Crippen LogP) is 4.42. The van der Waals surface area contributed by atoms with Gasteiger partial charge in [0.2, 0.25) is 0 Å². The number of Topliss-reactive ketones (excluding diaryl/α,β-unsaturated/α-hetero) is 1. The zero-order chi connectivity index (χ0) is 17.1. The maximum atomic E-state index is 12.7. The number of carbonyl (C=O) groups excluding carboxylic acids is 1. The number of phenolic OH excluding ortho intramolecular Hbond substituents is 1. The molecule has 22 heavy (non-hydrogen) atoms. The summed E-state index contributed by atoms with van der Waals surface area (Å²) < 4.78 is 76.2. The first-order chi connectivity index (χ1) is 9.98. The number of aromatic hydroxyl groups is 1. The van der Waals surface area contributed by atoms with Gasteiger partial charge in [-0.05, 0) is 18.6 Å². The maximum Gasteiger partial charge on any atom is 0.419 e. The molecule has 0 bridgehead atoms. The van der Waals surface area contributed by atoms with Crippen molar-refractivity contribution in [3.63, 3.8) is 0 Å². The van der Waals surface area contributed by atoms with Crippen LogP contribution in [-0.2, 0) is 12.4 Å². The van der Waals surface area contributed by atoms with Crippen molar-refractivity contribution in [2.24, 2.45) is 0 Å². The molecule has 0 aliphatic carbocycles. The summed E-state index contributed by atoms with van der Waals surface area (Å²) in [5.41, 5.74) is -4.57. The van der Waals surface area contributed by atoms with E-state index >= 15 is 0 Å². The summed E-state index contributed by atoms with van der Waals surface area (Å²) in [4.78, 5) is 11.7. The van der Waals surface area contributed by atoms with E-state index in [1.807, 2.05) is 0 Å². The van der Waals surface area contributed by atoms with E-state index in [0.717, 1.165) is 0 Å². The minimum atomic E-state index is -5.22. The molecule has 0 aliphatic heterocycles. The highest BCUT2D eigenvalue weighted by atomic mass is 19.4. The highest BCUT2D eigenvalue weighted by Gasteiger charge is 2.42. The molecule has 120 valence electrons. The second kappa shape index (κ2) is 6.30. The average Bonchev–Trinajstić information content (AvgIpc) is 2.36. The first kappa shape index (κ1) is 17.9. The SMILES string of the molecule is C#CCCCC(=O)c1cc(C(F)(F)F)c(O)c(C(F)(F)F)c1. The van der Waals surface area contributed by atoms with Crippen LogP contribution in [0.15, 0.2) is 12.1 Å². The number of ketones is 1. The lowest BCUT2D eigenvalue weighted by Crippen LogP contribution is -2.14. The van der Waals surface area contributed by atoms with Crippen molar-refractivity contribution >= 4 is 5.78 Å². The smallest absolute Gasteiger partial charge is 0.419 e. The van der Waals surface area contributed by atoms with Gasteiger partial charge in [0.25, 0.3) is 0 Å². The lowest BCUT2D eigenvalue weighted by molar-refractivity contribution is -0.145. The number of unbranched alkanes of at least 4 members (excludes halogenated alkanes) is 1. The molecule has 0 fully saturated rings. The minimum Gasteiger partial charge on any atom is -0.507 e. The number of phenols is 1. The number of benzene rings is 1. The zero-order valence-corrected chi connectivity index (χ0v) is 11.0. The normalized spacial score (nSPS) is 12.0. The average molecular weight is 324 g/mol. The summed E-state index contributed by atoms with van der Waals surface area (Å²) in [6.45, 7) is 0. The van der Waals surface area contributed by atoms with E-state index in [9.17, 15) is 36.2 Å². The molecule has 1 rings (SSSR count). The van der Waals surface area contributed by atoms with Crippen molar-refractivity contribution in [1.29, 1.82) is 0 Å². The van der Waals surface area contributed by atoms with Gasteiger partial charge in [-0.1, -0.05) is 0 Å². The Labute approximate surface area is 121 Å². The second-order valence-corrected chi connectivity index (χ2v) is 4.40. The van der Waals surface area contributed by atoms with Crippen LogP contribution in [-0.4, -0.2) is 10.9 Å². The number of halogens is 6. The molecule has 0 atom stereocenters. The lowest BCUT2D eigenvalue weighted by Gasteiger charge is -2.16. The lowest BCUT2D eigenvalue weighted by atomic mass is 9.98. The van der Waals surface area contributed by atoms with E-state index in [0.29, 0.717) is 0 Å². The third-order valence-corrected chi connectivity index (χ3v) is 2.77. The highest BCUT2D eigenvalue weighted by molar-refractivity contribution is 5.96. The summed E-state index contributed by atoms with van der Waals surface area (Å²) in [5, 5.41) is 9.20. The fourth-order valence-corrected chi connectivity index (χ4v) is 1.72. The van der Waals surface area contributed by atoms with Gasteiger partial charge >= 0.3 is 12.4 Å². The van der Waals surface area contributed by atoms with Crippen LogP contribution in [0, 0.1) is 12.3 Å². The van der Waals surface area contributed by atoms with E-state index < -0.39 is 40.6 Å². The molecule has 1 aromatic rings. The molecule has 0 aliphatic rings. The third-order valence-electron chi connectivity index (χ3n) is 2.77. The standard InChI is InChI=1S/C14H10F6O2/c1-2-3-4-5-11(21)8-6-9(13(15,16)17)12(22)10(7-8)14(18,19)20/h1,6-7,22H,3-5H2. The van der Waals surface area contributed by atoms with E-state index in [1.165, 1.54) is 0 Å². The van der Waals surface area contributed by atoms with Crippen LogP contribution >= 0.6 is 0 Å². The van der Waals surface area contributed by atoms with Crippen LogP contribution in [0.2, 0.25) is 0 Å². The van der Waals surface area contributed by atoms with Crippen molar-refractivity contribution in [3.05, 3.63) is 28.8 Å². The van der Waals surface area contributed by atoms with Crippen LogP contribution in [0.25, 0.3) is 0 Å². The van der Waals surface area contributed by atoms with E-state index in [4.69, 9.17) is 6.42 Å². The Morgan fingerprint density at radius 3 is 1.91 bits per heavy atom. The topological polar surface area (TPSA) is 37.3 Å². The fourth-order valence-electron chi connectivity index (χ4n) is 1.72. The molecule has 0 saturated heterocycles. The van der Waals surface area contributed by atoms with Crippen LogP contribution in [0.4, 0.5) is 26.3 Å². The van der Waals surface area contributed by atoms with Crippen molar-refractivity contribution in [1.82, 2.24) is 0 Å². The highest BCUT2D eigenvalue weighted by Crippen LogP contribution is 2.44. The quantitative estimate of drug-likeness (QED) is 0.385. The monoisotopic (exact) mass is 324 g/mol. The first-order valence-corrected chi connectivity index (χ1v) is 5.96. The Bertz CT molecular complexity index is 572. The molecule has 0 spiro atoms. The van der Waals surface area contributed by atoms with Crippen molar-refractivity contribution < 1.29 is 36.2 Å². The molecular formula is C14H10F6O2. The molecule has 1 aromatic carbocycles. The number of hydrogen-bond donors (Lipinski definition) is 1. The van der Waals surface area contributed by atoms with Gasteiger partial charge in [-0.25, -0.2) is 0 Å². The van der Waals surface area contributed by atoms with Gasteiger partial charge in [0.05, 0.1) is 11.1 Å². The van der Waals surface area contributed by atoms with E-state index in [1.54, 1.807) is 0 Å². The Morgan fingerprint density at radius 2 is 1.55 bits per heavy atom. The first-order valence-electron chi connectivity index (χ1n) is 5.96. The number of terminal acetylenes is 1. The number of alkyl halides is 6. The summed E-state index contributed by atoms with van der Waals surface area (Å²) in [6, 6.07) is 0.422. The number of hydrogen-bond acceptors (Lipinski definition) is 2. The van der Waals surface area contributed by atoms with Crippen molar-refractivity contribution in [2.45, 2.75) is 31.6 Å². The third kappa shape index (κ3) is 4.16. The van der Waals surface area contributed by atoms with Crippen LogP contribution in [0.5, 0.6) is 5.75 Å². The summed E-state index contributed by atoms with van der Waals surface area (Å²) in [5.74, 6) is -0.652. The second-order valence-electron chi connectivity index (χ2n) is 4.40. The zero-order valence-electron chi connectivity index (χ0n) is 11.0. The summed E-state index contributed by atoms with van der Waals surface area (Å²) in [6.07, 6.45) is -5.48. The Hall–Kier alpha value is -2.17. The molecule has 0 saturated carbocycles. The summed E-state index contributed by atoms with van der Waals surface area (Å²) >= 11 is 0. The van der Waals surface area contributed by atoms with E-state index in [-0.39, 0.29) is 31.4 Å². The minimum absolute atomic E-state index is 0.138. The Kier molecular flexibility index (Phi) is 5.12. The number of carbonyl (C=O) groups is 1. The molecule has 0 aromatic heterocycles. The van der Waals surface area contributed by atoms with Gasteiger partial charge in [0, 0.05) is 18.4 Å². The van der Waals surface area contributed by atoms with Gasteiger partial charge in [-0.2, -0.15) is 26.3 Å². The van der Waals surface area contributed by atoms with Gasteiger partial charge < -0.3 is 5.11 Å².